The Morgan fingerprint density at radius 1 is 1.14 bits per heavy atom. The Bertz CT molecular complexity index is 611. The van der Waals surface area contributed by atoms with Crippen LogP contribution in [0.25, 0.3) is 0 Å². The minimum absolute atomic E-state index is 0.00998. The van der Waals surface area contributed by atoms with Gasteiger partial charge in [-0.2, -0.15) is 0 Å². The highest BCUT2D eigenvalue weighted by Crippen LogP contribution is 2.18. The Kier molecular flexibility index (Phi) is 6.16. The highest BCUT2D eigenvalue weighted by atomic mass is 32.2. The molecule has 0 aliphatic rings. The summed E-state index contributed by atoms with van der Waals surface area (Å²) in [5.41, 5.74) is 0.263. The van der Waals surface area contributed by atoms with Gasteiger partial charge in [-0.05, 0) is 18.6 Å². The van der Waals surface area contributed by atoms with E-state index in [4.69, 9.17) is 0 Å². The largest absolute Gasteiger partial charge is 0.469 e. The molecule has 0 amide bonds. The Morgan fingerprint density at radius 2 is 1.81 bits per heavy atom. The van der Waals surface area contributed by atoms with Crippen molar-refractivity contribution in [3.63, 3.8) is 0 Å². The van der Waals surface area contributed by atoms with Crippen LogP contribution in [0.4, 0.5) is 5.69 Å². The number of rotatable bonds is 7. The number of carbonyl (C=O) groups is 2. The predicted molar refractivity (Wildman–Crippen MR) is 76.4 cm³/mol. The van der Waals surface area contributed by atoms with Gasteiger partial charge in [0, 0.05) is 6.42 Å². The molecule has 0 aliphatic heterocycles. The average molecular weight is 315 g/mol. The van der Waals surface area contributed by atoms with Crippen LogP contribution in [0.2, 0.25) is 0 Å². The molecule has 0 bridgehead atoms. The Balaban J connectivity index is 2.76. The van der Waals surface area contributed by atoms with E-state index in [-0.39, 0.29) is 29.8 Å². The minimum Gasteiger partial charge on any atom is -0.469 e. The first kappa shape index (κ1) is 17.0. The summed E-state index contributed by atoms with van der Waals surface area (Å²) in [6.07, 6.45) is 0.137. The van der Waals surface area contributed by atoms with Crippen molar-refractivity contribution in [2.24, 2.45) is 0 Å². The van der Waals surface area contributed by atoms with Gasteiger partial charge in [0.25, 0.3) is 0 Å². The van der Waals surface area contributed by atoms with Crippen LogP contribution in [-0.4, -0.2) is 40.3 Å². The molecular weight excluding hydrogens is 298 g/mol. The van der Waals surface area contributed by atoms with Gasteiger partial charge in [0.1, 0.15) is 0 Å². The molecule has 1 N–H and O–H groups in total. The summed E-state index contributed by atoms with van der Waals surface area (Å²) in [6.45, 7) is 0. The monoisotopic (exact) mass is 315 g/mol. The molecule has 0 aliphatic carbocycles. The normalized spacial score (nSPS) is 10.8. The van der Waals surface area contributed by atoms with E-state index >= 15 is 0 Å². The topological polar surface area (TPSA) is 98.8 Å². The molecule has 1 rings (SSSR count). The first-order valence-corrected chi connectivity index (χ1v) is 7.79. The van der Waals surface area contributed by atoms with Gasteiger partial charge in [-0.1, -0.05) is 12.1 Å². The number of methoxy groups -OCH3 is 2. The number of ether oxygens (including phenoxy) is 2. The van der Waals surface area contributed by atoms with Crippen LogP contribution < -0.4 is 4.72 Å². The number of hydrogen-bond donors (Lipinski definition) is 1. The van der Waals surface area contributed by atoms with Gasteiger partial charge < -0.3 is 9.47 Å². The van der Waals surface area contributed by atoms with E-state index < -0.39 is 22.0 Å². The van der Waals surface area contributed by atoms with Crippen LogP contribution in [0.5, 0.6) is 0 Å². The third-order valence-electron chi connectivity index (χ3n) is 2.62. The molecule has 1 aromatic rings. The Labute approximate surface area is 123 Å². The average Bonchev–Trinajstić information content (AvgIpc) is 2.46. The third kappa shape index (κ3) is 5.42. The van der Waals surface area contributed by atoms with Gasteiger partial charge >= 0.3 is 11.9 Å². The molecule has 21 heavy (non-hydrogen) atoms. The summed E-state index contributed by atoms with van der Waals surface area (Å²) in [4.78, 5) is 22.5. The maximum atomic E-state index is 11.9. The molecule has 0 aromatic heterocycles. The van der Waals surface area contributed by atoms with E-state index in [2.05, 4.69) is 14.2 Å². The lowest BCUT2D eigenvalue weighted by molar-refractivity contribution is -0.140. The summed E-state index contributed by atoms with van der Waals surface area (Å²) in [5.74, 6) is -1.36. The van der Waals surface area contributed by atoms with E-state index in [1.807, 2.05) is 0 Å². The van der Waals surface area contributed by atoms with Crippen LogP contribution in [0.1, 0.15) is 23.2 Å². The lowest BCUT2D eigenvalue weighted by Gasteiger charge is -2.11. The zero-order valence-corrected chi connectivity index (χ0v) is 12.6. The number of esters is 2. The van der Waals surface area contributed by atoms with Gasteiger partial charge in [-0.3, -0.25) is 9.52 Å². The van der Waals surface area contributed by atoms with Crippen molar-refractivity contribution in [1.82, 2.24) is 0 Å². The second kappa shape index (κ2) is 7.63. The Morgan fingerprint density at radius 3 is 2.43 bits per heavy atom. The lowest BCUT2D eigenvalue weighted by atomic mass is 10.2. The van der Waals surface area contributed by atoms with E-state index in [1.165, 1.54) is 26.4 Å². The first-order valence-electron chi connectivity index (χ1n) is 6.14. The van der Waals surface area contributed by atoms with Crippen molar-refractivity contribution < 1.29 is 27.5 Å². The fourth-order valence-electron chi connectivity index (χ4n) is 1.59. The second-order valence-electron chi connectivity index (χ2n) is 4.14. The first-order chi connectivity index (χ1) is 9.89. The molecule has 0 radical (unpaired) electrons. The van der Waals surface area contributed by atoms with Gasteiger partial charge in [0.15, 0.2) is 0 Å². The minimum atomic E-state index is -3.67. The zero-order chi connectivity index (χ0) is 15.9. The molecule has 0 saturated carbocycles. The van der Waals surface area contributed by atoms with Crippen LogP contribution in [0.15, 0.2) is 24.3 Å². The smallest absolute Gasteiger partial charge is 0.339 e. The van der Waals surface area contributed by atoms with Crippen molar-refractivity contribution in [3.8, 4) is 0 Å². The number of carbonyl (C=O) groups excluding carboxylic acids is 2. The van der Waals surface area contributed by atoms with Crippen LogP contribution >= 0.6 is 0 Å². The van der Waals surface area contributed by atoms with E-state index in [0.717, 1.165) is 0 Å². The molecule has 1 aromatic carbocycles. The van der Waals surface area contributed by atoms with E-state index in [9.17, 15) is 18.0 Å². The SMILES string of the molecule is COC(=O)CCCS(=O)(=O)Nc1ccccc1C(=O)OC. The van der Waals surface area contributed by atoms with Crippen molar-refractivity contribution in [3.05, 3.63) is 29.8 Å². The summed E-state index contributed by atoms with van der Waals surface area (Å²) in [7, 11) is -1.22. The lowest BCUT2D eigenvalue weighted by Crippen LogP contribution is -2.19. The molecule has 8 heteroatoms. The molecule has 0 saturated heterocycles. The molecule has 0 fully saturated rings. The highest BCUT2D eigenvalue weighted by molar-refractivity contribution is 7.92. The van der Waals surface area contributed by atoms with Crippen molar-refractivity contribution in [1.29, 1.82) is 0 Å². The number of sulfonamides is 1. The predicted octanol–water partition coefficient (Wildman–Crippen LogP) is 1.17. The summed E-state index contributed by atoms with van der Waals surface area (Å²) < 4.78 is 35.2. The summed E-state index contributed by atoms with van der Waals surface area (Å²) in [6, 6.07) is 6.11. The van der Waals surface area contributed by atoms with Crippen LogP contribution in [0.3, 0.4) is 0 Å². The van der Waals surface area contributed by atoms with Crippen molar-refractivity contribution >= 4 is 27.6 Å². The maximum Gasteiger partial charge on any atom is 0.339 e. The van der Waals surface area contributed by atoms with Gasteiger partial charge in [0.2, 0.25) is 10.0 Å². The number of anilines is 1. The van der Waals surface area contributed by atoms with E-state index in [1.54, 1.807) is 12.1 Å². The second-order valence-corrected chi connectivity index (χ2v) is 5.98. The van der Waals surface area contributed by atoms with Crippen LogP contribution in [-0.2, 0) is 24.3 Å². The van der Waals surface area contributed by atoms with Crippen molar-refractivity contribution in [2.45, 2.75) is 12.8 Å². The van der Waals surface area contributed by atoms with E-state index in [0.29, 0.717) is 0 Å². The fraction of sp³-hybridized carbons (Fsp3) is 0.385. The van der Waals surface area contributed by atoms with Gasteiger partial charge in [-0.15, -0.1) is 0 Å². The number of nitrogens with one attached hydrogen (secondary N) is 1. The zero-order valence-electron chi connectivity index (χ0n) is 11.8. The summed E-state index contributed by atoms with van der Waals surface area (Å²) in [5, 5.41) is 0. The Hall–Kier alpha value is -2.09. The van der Waals surface area contributed by atoms with Crippen LogP contribution in [0, 0.1) is 0 Å². The van der Waals surface area contributed by atoms with Crippen molar-refractivity contribution in [2.75, 3.05) is 24.7 Å². The third-order valence-corrected chi connectivity index (χ3v) is 3.98. The number of hydrogen-bond acceptors (Lipinski definition) is 6. The quantitative estimate of drug-likeness (QED) is 0.758. The number of benzene rings is 1. The molecule has 0 unspecified atom stereocenters. The molecule has 7 nitrogen and oxygen atoms in total. The fourth-order valence-corrected chi connectivity index (χ4v) is 2.73. The summed E-state index contributed by atoms with van der Waals surface area (Å²) >= 11 is 0. The highest BCUT2D eigenvalue weighted by Gasteiger charge is 2.17. The van der Waals surface area contributed by atoms with Gasteiger partial charge in [0.05, 0.1) is 31.2 Å². The standard InChI is InChI=1S/C13H17NO6S/c1-19-12(15)8-5-9-21(17,18)14-11-7-4-3-6-10(11)13(16)20-2/h3-4,6-7,14H,5,8-9H2,1-2H3. The molecular formula is C13H17NO6S. The molecule has 116 valence electrons. The molecule has 0 spiro atoms. The molecule has 0 heterocycles. The van der Waals surface area contributed by atoms with Gasteiger partial charge in [-0.25, -0.2) is 13.2 Å². The maximum absolute atomic E-state index is 11.9. The number of para-hydroxylation sites is 1. The molecule has 0 atom stereocenters.